The number of guanidine groups is 1. The number of sulfone groups is 1. The minimum atomic E-state index is -2.93. The molecule has 2 heterocycles. The van der Waals surface area contributed by atoms with E-state index in [2.05, 4.69) is 16.9 Å². The summed E-state index contributed by atoms with van der Waals surface area (Å²) in [6, 6.07) is 2.29. The molecule has 9 heteroatoms. The predicted molar refractivity (Wildman–Crippen MR) is 118 cm³/mol. The van der Waals surface area contributed by atoms with Gasteiger partial charge in [0.05, 0.1) is 18.1 Å². The molecule has 1 aromatic rings. The van der Waals surface area contributed by atoms with Gasteiger partial charge < -0.3 is 10.2 Å². The third-order valence-electron chi connectivity index (χ3n) is 4.92. The molecule has 0 bridgehead atoms. The van der Waals surface area contributed by atoms with Crippen molar-refractivity contribution >= 4 is 39.8 Å². The van der Waals surface area contributed by atoms with Crippen molar-refractivity contribution in [3.63, 3.8) is 0 Å². The summed E-state index contributed by atoms with van der Waals surface area (Å²) < 4.78 is 50.9. The Bertz CT molecular complexity index is 874. The second kappa shape index (κ2) is 9.51. The van der Waals surface area contributed by atoms with E-state index in [0.29, 0.717) is 56.1 Å². The molecule has 0 amide bonds. The van der Waals surface area contributed by atoms with Gasteiger partial charge in [0.1, 0.15) is 11.6 Å². The van der Waals surface area contributed by atoms with Crippen LogP contribution in [-0.4, -0.2) is 50.4 Å². The van der Waals surface area contributed by atoms with Gasteiger partial charge in [0.25, 0.3) is 0 Å². The first-order valence-corrected chi connectivity index (χ1v) is 10.9. The third-order valence-corrected chi connectivity index (χ3v) is 6.76. The monoisotopic (exact) mass is 525 g/mol. The number of halogens is 3. The van der Waals surface area contributed by atoms with Crippen LogP contribution in [0.25, 0.3) is 0 Å². The van der Waals surface area contributed by atoms with Gasteiger partial charge in [0, 0.05) is 25.7 Å². The molecule has 1 aromatic carbocycles. The molecule has 5 nitrogen and oxygen atoms in total. The first-order valence-electron chi connectivity index (χ1n) is 9.08. The zero-order valence-corrected chi connectivity index (χ0v) is 19.0. The van der Waals surface area contributed by atoms with Crippen molar-refractivity contribution in [2.45, 2.75) is 26.3 Å². The maximum atomic E-state index is 14.0. The van der Waals surface area contributed by atoms with E-state index in [1.807, 2.05) is 11.8 Å². The molecular weight excluding hydrogens is 499 g/mol. The van der Waals surface area contributed by atoms with Crippen LogP contribution < -0.4 is 5.32 Å². The highest BCUT2D eigenvalue weighted by Gasteiger charge is 2.29. The maximum Gasteiger partial charge on any atom is 0.194 e. The van der Waals surface area contributed by atoms with E-state index in [1.54, 1.807) is 0 Å². The first kappa shape index (κ1) is 23.1. The third kappa shape index (κ3) is 5.88. The topological polar surface area (TPSA) is 61.8 Å². The normalized spacial score (nSPS) is 21.0. The molecule has 1 N–H and O–H groups in total. The number of fused-ring (bicyclic) bond motifs is 1. The van der Waals surface area contributed by atoms with Crippen LogP contribution in [0.4, 0.5) is 8.78 Å². The summed E-state index contributed by atoms with van der Waals surface area (Å²) in [6.07, 6.45) is 1.11. The van der Waals surface area contributed by atoms with Crippen LogP contribution in [0, 0.1) is 17.6 Å². The molecule has 2 aliphatic rings. The zero-order valence-electron chi connectivity index (χ0n) is 15.9. The number of aliphatic imine (C=N–C) groups is 1. The number of benzene rings is 1. The van der Waals surface area contributed by atoms with Crippen LogP contribution >= 0.6 is 24.0 Å². The van der Waals surface area contributed by atoms with Crippen LogP contribution in [0.5, 0.6) is 0 Å². The molecule has 156 valence electrons. The lowest BCUT2D eigenvalue weighted by Gasteiger charge is -2.32. The van der Waals surface area contributed by atoms with E-state index in [9.17, 15) is 17.2 Å². The smallest absolute Gasteiger partial charge is 0.194 e. The van der Waals surface area contributed by atoms with Gasteiger partial charge in [-0.15, -0.1) is 24.0 Å². The molecule has 0 radical (unpaired) electrons. The fourth-order valence-electron chi connectivity index (χ4n) is 3.54. The molecule has 1 fully saturated rings. The van der Waals surface area contributed by atoms with E-state index in [4.69, 9.17) is 0 Å². The van der Waals surface area contributed by atoms with Crippen LogP contribution in [-0.2, 0) is 22.8 Å². The Morgan fingerprint density at radius 3 is 2.79 bits per heavy atom. The molecule has 0 aromatic heterocycles. The molecule has 3 rings (SSSR count). The van der Waals surface area contributed by atoms with Crippen LogP contribution in [0.1, 0.15) is 24.5 Å². The Kier molecular flexibility index (Phi) is 7.83. The average molecular weight is 525 g/mol. The van der Waals surface area contributed by atoms with Crippen molar-refractivity contribution in [3.8, 4) is 0 Å². The Balaban J connectivity index is 0.00000280. The lowest BCUT2D eigenvalue weighted by atomic mass is 9.99. The van der Waals surface area contributed by atoms with Crippen molar-refractivity contribution < 1.29 is 17.2 Å². The number of rotatable bonds is 4. The second-order valence-electron chi connectivity index (χ2n) is 7.44. The Morgan fingerprint density at radius 1 is 1.39 bits per heavy atom. The van der Waals surface area contributed by atoms with E-state index in [0.717, 1.165) is 11.6 Å². The molecule has 1 saturated heterocycles. The molecule has 1 unspecified atom stereocenters. The van der Waals surface area contributed by atoms with Crippen LogP contribution in [0.2, 0.25) is 0 Å². The van der Waals surface area contributed by atoms with Crippen LogP contribution in [0.3, 0.4) is 0 Å². The van der Waals surface area contributed by atoms with Gasteiger partial charge >= 0.3 is 0 Å². The molecule has 1 atom stereocenters. The van der Waals surface area contributed by atoms with E-state index in [-0.39, 0.29) is 41.4 Å². The Labute approximate surface area is 182 Å². The van der Waals surface area contributed by atoms with Crippen molar-refractivity contribution in [1.29, 1.82) is 0 Å². The lowest BCUT2D eigenvalue weighted by molar-refractivity contribution is 0.366. The highest BCUT2D eigenvalue weighted by Crippen LogP contribution is 2.23. The SMILES string of the molecule is C=C(C)CN=C(NCC1CCS(=O)(=O)C1)N1CCc2c(F)cc(F)cc2C1.I. The molecular formula is C19H26F2IN3O2S. The fourth-order valence-corrected chi connectivity index (χ4v) is 5.40. The quantitative estimate of drug-likeness (QED) is 0.284. The number of hydrogen-bond acceptors (Lipinski definition) is 3. The van der Waals surface area contributed by atoms with Crippen molar-refractivity contribution in [2.24, 2.45) is 10.9 Å². The highest BCUT2D eigenvalue weighted by atomic mass is 127. The second-order valence-corrected chi connectivity index (χ2v) is 9.67. The van der Waals surface area contributed by atoms with Gasteiger partial charge in [0.15, 0.2) is 15.8 Å². The molecule has 0 spiro atoms. The number of hydrogen-bond donors (Lipinski definition) is 1. The van der Waals surface area contributed by atoms with Gasteiger partial charge in [-0.3, -0.25) is 0 Å². The highest BCUT2D eigenvalue weighted by molar-refractivity contribution is 14.0. The first-order chi connectivity index (χ1) is 12.7. The van der Waals surface area contributed by atoms with Crippen molar-refractivity contribution in [1.82, 2.24) is 10.2 Å². The Morgan fingerprint density at radius 2 is 2.14 bits per heavy atom. The number of nitrogens with zero attached hydrogens (tertiary/aromatic N) is 2. The molecule has 2 aliphatic heterocycles. The average Bonchev–Trinajstić information content (AvgIpc) is 2.93. The lowest BCUT2D eigenvalue weighted by Crippen LogP contribution is -2.46. The summed E-state index contributed by atoms with van der Waals surface area (Å²) in [7, 11) is -2.93. The largest absolute Gasteiger partial charge is 0.356 e. The summed E-state index contributed by atoms with van der Waals surface area (Å²) in [4.78, 5) is 6.51. The van der Waals surface area contributed by atoms with Gasteiger partial charge in [-0.1, -0.05) is 12.2 Å². The van der Waals surface area contributed by atoms with E-state index < -0.39 is 21.5 Å². The molecule has 28 heavy (non-hydrogen) atoms. The van der Waals surface area contributed by atoms with Gasteiger partial charge in [-0.25, -0.2) is 22.2 Å². The van der Waals surface area contributed by atoms with Gasteiger partial charge in [-0.2, -0.15) is 0 Å². The van der Waals surface area contributed by atoms with Crippen molar-refractivity contribution in [2.75, 3.05) is 31.1 Å². The standard InChI is InChI=1S/C19H25F2N3O2S.HI/c1-13(2)9-22-19(23-10-14-4-6-27(25,26)12-14)24-5-3-17-15(11-24)7-16(20)8-18(17)21;/h7-8,14H,1,3-6,9-12H2,2H3,(H,22,23);1H. The molecule has 0 saturated carbocycles. The summed E-state index contributed by atoms with van der Waals surface area (Å²) in [5.74, 6) is 0.00160. The summed E-state index contributed by atoms with van der Waals surface area (Å²) >= 11 is 0. The van der Waals surface area contributed by atoms with Gasteiger partial charge in [0.2, 0.25) is 0 Å². The molecule has 0 aliphatic carbocycles. The van der Waals surface area contributed by atoms with Gasteiger partial charge in [-0.05, 0) is 42.9 Å². The minimum absolute atomic E-state index is 0. The summed E-state index contributed by atoms with van der Waals surface area (Å²) in [5.41, 5.74) is 2.06. The van der Waals surface area contributed by atoms with E-state index >= 15 is 0 Å². The summed E-state index contributed by atoms with van der Waals surface area (Å²) in [5, 5.41) is 3.27. The van der Waals surface area contributed by atoms with Crippen LogP contribution in [0.15, 0.2) is 29.3 Å². The minimum Gasteiger partial charge on any atom is -0.356 e. The maximum absolute atomic E-state index is 14.0. The zero-order chi connectivity index (χ0) is 19.6. The summed E-state index contributed by atoms with van der Waals surface area (Å²) in [6.45, 7) is 7.59. The number of nitrogens with one attached hydrogen (secondary N) is 1. The van der Waals surface area contributed by atoms with E-state index in [1.165, 1.54) is 6.07 Å². The Hall–Kier alpha value is -1.23. The fraction of sp³-hybridized carbons (Fsp3) is 0.526. The van der Waals surface area contributed by atoms with Crippen molar-refractivity contribution in [3.05, 3.63) is 47.0 Å². The predicted octanol–water partition coefficient (Wildman–Crippen LogP) is 2.90.